The van der Waals surface area contributed by atoms with Crippen molar-refractivity contribution in [3.63, 3.8) is 0 Å². The number of ketones is 1. The third-order valence-corrected chi connectivity index (χ3v) is 6.01. The predicted octanol–water partition coefficient (Wildman–Crippen LogP) is 4.77. The molecule has 29 heavy (non-hydrogen) atoms. The van der Waals surface area contributed by atoms with Crippen molar-refractivity contribution < 1.29 is 9.59 Å². The van der Waals surface area contributed by atoms with Gasteiger partial charge in [0.1, 0.15) is 0 Å². The molecule has 2 aromatic carbocycles. The van der Waals surface area contributed by atoms with Gasteiger partial charge in [-0.2, -0.15) is 0 Å². The SMILES string of the molecule is O=C(CSc1ccc(Cl)cc1)Nc1ncc2c(n1)C[C@H](c1ccccc1)CC2=O. The standard InChI is InChI=1S/C22H18ClN3O2S/c23-16-6-8-17(9-7-16)29-13-21(28)26-22-24-12-18-19(25-22)10-15(11-20(18)27)14-4-2-1-3-5-14/h1-9,12,15H,10-11,13H2,(H,24,25,26,28)/t15-/m0/s1. The molecule has 1 aliphatic carbocycles. The number of fused-ring (bicyclic) bond motifs is 1. The Morgan fingerprint density at radius 3 is 2.62 bits per heavy atom. The van der Waals surface area contributed by atoms with Crippen LogP contribution in [0.3, 0.4) is 0 Å². The smallest absolute Gasteiger partial charge is 0.237 e. The van der Waals surface area contributed by atoms with Gasteiger partial charge in [0.05, 0.1) is 17.0 Å². The molecule has 0 fully saturated rings. The van der Waals surface area contributed by atoms with Crippen LogP contribution >= 0.6 is 23.4 Å². The highest BCUT2D eigenvalue weighted by molar-refractivity contribution is 8.00. The number of nitrogens with zero attached hydrogens (tertiary/aromatic N) is 2. The van der Waals surface area contributed by atoms with E-state index in [0.29, 0.717) is 29.1 Å². The lowest BCUT2D eigenvalue weighted by molar-refractivity contribution is -0.113. The zero-order valence-electron chi connectivity index (χ0n) is 15.5. The summed E-state index contributed by atoms with van der Waals surface area (Å²) >= 11 is 7.27. The topological polar surface area (TPSA) is 72.0 Å². The number of hydrogen-bond acceptors (Lipinski definition) is 5. The fraction of sp³-hybridized carbons (Fsp3) is 0.182. The van der Waals surface area contributed by atoms with E-state index in [1.807, 2.05) is 42.5 Å². The van der Waals surface area contributed by atoms with Crippen LogP contribution in [0.25, 0.3) is 0 Å². The van der Waals surface area contributed by atoms with Crippen LogP contribution in [0.15, 0.2) is 65.7 Å². The highest BCUT2D eigenvalue weighted by Crippen LogP contribution is 2.31. The molecule has 1 amide bonds. The quantitative estimate of drug-likeness (QED) is 0.598. The summed E-state index contributed by atoms with van der Waals surface area (Å²) in [4.78, 5) is 34.3. The number of anilines is 1. The number of hydrogen-bond donors (Lipinski definition) is 1. The van der Waals surface area contributed by atoms with Crippen molar-refractivity contribution in [3.05, 3.63) is 82.6 Å². The van der Waals surface area contributed by atoms with E-state index in [2.05, 4.69) is 15.3 Å². The van der Waals surface area contributed by atoms with Crippen molar-refractivity contribution in [2.75, 3.05) is 11.1 Å². The lowest BCUT2D eigenvalue weighted by Crippen LogP contribution is -2.23. The molecular formula is C22H18ClN3O2S. The second kappa shape index (κ2) is 8.76. The molecule has 0 aliphatic heterocycles. The van der Waals surface area contributed by atoms with E-state index in [4.69, 9.17) is 11.6 Å². The van der Waals surface area contributed by atoms with Crippen LogP contribution in [0.4, 0.5) is 5.95 Å². The first-order valence-corrected chi connectivity index (χ1v) is 10.6. The molecule has 5 nitrogen and oxygen atoms in total. The third kappa shape index (κ3) is 4.83. The van der Waals surface area contributed by atoms with Crippen LogP contribution in [-0.2, 0) is 11.2 Å². The summed E-state index contributed by atoms with van der Waals surface area (Å²) in [5, 5.41) is 3.38. The number of halogens is 1. The van der Waals surface area contributed by atoms with Crippen LogP contribution in [0.5, 0.6) is 0 Å². The molecule has 0 spiro atoms. The number of aromatic nitrogens is 2. The maximum absolute atomic E-state index is 12.5. The van der Waals surface area contributed by atoms with Crippen molar-refractivity contribution in [1.29, 1.82) is 0 Å². The van der Waals surface area contributed by atoms with Gasteiger partial charge in [-0.3, -0.25) is 14.9 Å². The summed E-state index contributed by atoms with van der Waals surface area (Å²) in [7, 11) is 0. The van der Waals surface area contributed by atoms with Gasteiger partial charge in [0, 0.05) is 22.5 Å². The molecular weight excluding hydrogens is 406 g/mol. The molecule has 7 heteroatoms. The zero-order chi connectivity index (χ0) is 20.2. The summed E-state index contributed by atoms with van der Waals surface area (Å²) in [5.41, 5.74) is 2.35. The molecule has 0 unspecified atom stereocenters. The minimum absolute atomic E-state index is 0.0382. The Labute approximate surface area is 177 Å². The summed E-state index contributed by atoms with van der Waals surface area (Å²) in [6, 6.07) is 17.3. The number of amides is 1. The zero-order valence-corrected chi connectivity index (χ0v) is 17.0. The average Bonchev–Trinajstić information content (AvgIpc) is 2.74. The largest absolute Gasteiger partial charge is 0.294 e. The Kier molecular flexibility index (Phi) is 5.92. The molecule has 4 rings (SSSR count). The summed E-state index contributed by atoms with van der Waals surface area (Å²) in [6.07, 6.45) is 2.62. The van der Waals surface area contributed by atoms with Gasteiger partial charge in [-0.1, -0.05) is 41.9 Å². The molecule has 3 aromatic rings. The van der Waals surface area contributed by atoms with E-state index in [0.717, 1.165) is 10.5 Å². The second-order valence-corrected chi connectivity index (χ2v) is 8.27. The van der Waals surface area contributed by atoms with Crippen molar-refractivity contribution >= 4 is 41.0 Å². The molecule has 1 N–H and O–H groups in total. The number of Topliss-reactive ketones (excluding diaryl/α,β-unsaturated/α-hetero) is 1. The Morgan fingerprint density at radius 1 is 1.10 bits per heavy atom. The maximum atomic E-state index is 12.5. The number of rotatable bonds is 5. The molecule has 0 bridgehead atoms. The first-order chi connectivity index (χ1) is 14.1. The third-order valence-electron chi connectivity index (χ3n) is 4.75. The number of benzene rings is 2. The highest BCUT2D eigenvalue weighted by Gasteiger charge is 2.28. The predicted molar refractivity (Wildman–Crippen MR) is 115 cm³/mol. The summed E-state index contributed by atoms with van der Waals surface area (Å²) < 4.78 is 0. The van der Waals surface area contributed by atoms with Gasteiger partial charge in [0.2, 0.25) is 11.9 Å². The molecule has 0 saturated carbocycles. The first kappa shape index (κ1) is 19.6. The monoisotopic (exact) mass is 423 g/mol. The molecule has 1 heterocycles. The Balaban J connectivity index is 1.43. The van der Waals surface area contributed by atoms with Gasteiger partial charge in [0.15, 0.2) is 5.78 Å². The van der Waals surface area contributed by atoms with E-state index < -0.39 is 0 Å². The van der Waals surface area contributed by atoms with E-state index in [9.17, 15) is 9.59 Å². The Bertz CT molecular complexity index is 1040. The maximum Gasteiger partial charge on any atom is 0.237 e. The lowest BCUT2D eigenvalue weighted by atomic mass is 9.82. The lowest BCUT2D eigenvalue weighted by Gasteiger charge is -2.23. The van der Waals surface area contributed by atoms with Crippen molar-refractivity contribution in [2.45, 2.75) is 23.7 Å². The second-order valence-electron chi connectivity index (χ2n) is 6.78. The van der Waals surface area contributed by atoms with Crippen molar-refractivity contribution in [3.8, 4) is 0 Å². The van der Waals surface area contributed by atoms with Gasteiger partial charge < -0.3 is 0 Å². The fourth-order valence-corrected chi connectivity index (χ4v) is 4.13. The normalized spacial score (nSPS) is 15.6. The molecule has 1 atom stereocenters. The summed E-state index contributed by atoms with van der Waals surface area (Å²) in [5.74, 6) is 0.387. The number of carbonyl (C=O) groups is 2. The number of carbonyl (C=O) groups excluding carboxylic acids is 2. The van der Waals surface area contributed by atoms with Crippen LogP contribution < -0.4 is 5.32 Å². The highest BCUT2D eigenvalue weighted by atomic mass is 35.5. The number of thioether (sulfide) groups is 1. The minimum atomic E-state index is -0.202. The van der Waals surface area contributed by atoms with Crippen molar-refractivity contribution in [2.24, 2.45) is 0 Å². The number of nitrogens with one attached hydrogen (secondary N) is 1. The fourth-order valence-electron chi connectivity index (χ4n) is 3.31. The van der Waals surface area contributed by atoms with Crippen LogP contribution in [0.2, 0.25) is 5.02 Å². The van der Waals surface area contributed by atoms with Crippen LogP contribution in [0, 0.1) is 0 Å². The molecule has 146 valence electrons. The van der Waals surface area contributed by atoms with Crippen molar-refractivity contribution in [1.82, 2.24) is 9.97 Å². The molecule has 1 aliphatic rings. The van der Waals surface area contributed by atoms with Gasteiger partial charge in [-0.25, -0.2) is 9.97 Å². The van der Waals surface area contributed by atoms with Gasteiger partial charge in [-0.15, -0.1) is 11.8 Å². The van der Waals surface area contributed by atoms with Crippen LogP contribution in [0.1, 0.15) is 34.0 Å². The van der Waals surface area contributed by atoms with E-state index >= 15 is 0 Å². The minimum Gasteiger partial charge on any atom is -0.294 e. The molecule has 1 aromatic heterocycles. The molecule has 0 saturated heterocycles. The van der Waals surface area contributed by atoms with E-state index in [1.165, 1.54) is 18.0 Å². The van der Waals surface area contributed by atoms with Gasteiger partial charge >= 0.3 is 0 Å². The molecule has 0 radical (unpaired) electrons. The summed E-state index contributed by atoms with van der Waals surface area (Å²) in [6.45, 7) is 0. The van der Waals surface area contributed by atoms with Gasteiger partial charge in [0.25, 0.3) is 0 Å². The van der Waals surface area contributed by atoms with E-state index in [-0.39, 0.29) is 29.3 Å². The Morgan fingerprint density at radius 2 is 1.86 bits per heavy atom. The average molecular weight is 424 g/mol. The Hall–Kier alpha value is -2.70. The van der Waals surface area contributed by atoms with E-state index in [1.54, 1.807) is 12.1 Å². The first-order valence-electron chi connectivity index (χ1n) is 9.21. The van der Waals surface area contributed by atoms with Crippen LogP contribution in [-0.4, -0.2) is 27.4 Å². The van der Waals surface area contributed by atoms with Gasteiger partial charge in [-0.05, 0) is 42.2 Å².